The van der Waals surface area contributed by atoms with E-state index in [0.717, 1.165) is 10.2 Å². The SMILES string of the molecule is CC(Oc1ccccc1Br)[C@@H](c1ccccc1)N(C)C. The van der Waals surface area contributed by atoms with Crippen molar-refractivity contribution in [1.82, 2.24) is 4.90 Å². The van der Waals surface area contributed by atoms with Crippen LogP contribution in [0, 0.1) is 0 Å². The number of nitrogens with zero attached hydrogens (tertiary/aromatic N) is 1. The van der Waals surface area contributed by atoms with Gasteiger partial charge in [0.25, 0.3) is 0 Å². The van der Waals surface area contributed by atoms with E-state index in [9.17, 15) is 0 Å². The summed E-state index contributed by atoms with van der Waals surface area (Å²) in [5, 5.41) is 0. The third kappa shape index (κ3) is 3.62. The summed E-state index contributed by atoms with van der Waals surface area (Å²) in [6.45, 7) is 2.11. The Morgan fingerprint density at radius 3 is 2.15 bits per heavy atom. The maximum absolute atomic E-state index is 6.13. The second kappa shape index (κ2) is 6.91. The van der Waals surface area contributed by atoms with Gasteiger partial charge in [-0.05, 0) is 54.6 Å². The highest BCUT2D eigenvalue weighted by molar-refractivity contribution is 9.10. The van der Waals surface area contributed by atoms with Crippen LogP contribution in [0.25, 0.3) is 0 Å². The molecule has 0 bridgehead atoms. The number of rotatable bonds is 5. The summed E-state index contributed by atoms with van der Waals surface area (Å²) in [6, 6.07) is 18.6. The Labute approximate surface area is 129 Å². The summed E-state index contributed by atoms with van der Waals surface area (Å²) in [5.41, 5.74) is 1.26. The van der Waals surface area contributed by atoms with Gasteiger partial charge >= 0.3 is 0 Å². The van der Waals surface area contributed by atoms with Crippen LogP contribution >= 0.6 is 15.9 Å². The van der Waals surface area contributed by atoms with Gasteiger partial charge in [0.2, 0.25) is 0 Å². The van der Waals surface area contributed by atoms with Crippen molar-refractivity contribution < 1.29 is 4.74 Å². The van der Waals surface area contributed by atoms with Crippen molar-refractivity contribution in [1.29, 1.82) is 0 Å². The average Bonchev–Trinajstić information content (AvgIpc) is 2.42. The molecule has 2 rings (SSSR count). The highest BCUT2D eigenvalue weighted by Crippen LogP contribution is 2.29. The Hall–Kier alpha value is -1.32. The normalized spacial score (nSPS) is 14.1. The van der Waals surface area contributed by atoms with Gasteiger partial charge in [0.05, 0.1) is 10.5 Å². The van der Waals surface area contributed by atoms with Gasteiger partial charge in [-0.1, -0.05) is 42.5 Å². The van der Waals surface area contributed by atoms with Crippen LogP contribution in [0.5, 0.6) is 5.75 Å². The molecule has 0 amide bonds. The molecule has 2 aromatic carbocycles. The monoisotopic (exact) mass is 333 g/mol. The molecule has 0 saturated heterocycles. The molecule has 2 nitrogen and oxygen atoms in total. The summed E-state index contributed by atoms with van der Waals surface area (Å²) in [6.07, 6.45) is 0.0473. The Kier molecular flexibility index (Phi) is 5.21. The van der Waals surface area contributed by atoms with E-state index in [0.29, 0.717) is 0 Å². The largest absolute Gasteiger partial charge is 0.488 e. The molecule has 2 aromatic rings. The molecule has 0 saturated carbocycles. The van der Waals surface area contributed by atoms with Crippen molar-refractivity contribution >= 4 is 15.9 Å². The smallest absolute Gasteiger partial charge is 0.133 e. The maximum Gasteiger partial charge on any atom is 0.133 e. The van der Waals surface area contributed by atoms with E-state index in [2.05, 4.69) is 66.1 Å². The minimum atomic E-state index is 0.0473. The van der Waals surface area contributed by atoms with Crippen LogP contribution in [0.2, 0.25) is 0 Å². The fraction of sp³-hybridized carbons (Fsp3) is 0.294. The molecular weight excluding hydrogens is 314 g/mol. The van der Waals surface area contributed by atoms with E-state index < -0.39 is 0 Å². The molecule has 0 aliphatic heterocycles. The number of hydrogen-bond donors (Lipinski definition) is 0. The Bertz CT molecular complexity index is 542. The fourth-order valence-corrected chi connectivity index (χ4v) is 2.82. The molecule has 106 valence electrons. The van der Waals surface area contributed by atoms with E-state index in [1.54, 1.807) is 0 Å². The van der Waals surface area contributed by atoms with Crippen LogP contribution in [0.15, 0.2) is 59.1 Å². The lowest BCUT2D eigenvalue weighted by Crippen LogP contribution is -2.33. The fourth-order valence-electron chi connectivity index (χ4n) is 2.44. The van der Waals surface area contributed by atoms with E-state index in [4.69, 9.17) is 4.74 Å². The van der Waals surface area contributed by atoms with Gasteiger partial charge in [-0.2, -0.15) is 0 Å². The van der Waals surface area contributed by atoms with Crippen molar-refractivity contribution in [3.8, 4) is 5.75 Å². The highest BCUT2D eigenvalue weighted by atomic mass is 79.9. The predicted molar refractivity (Wildman–Crippen MR) is 87.1 cm³/mol. The summed E-state index contributed by atoms with van der Waals surface area (Å²) >= 11 is 3.53. The first kappa shape index (κ1) is 15.1. The van der Waals surface area contributed by atoms with Crippen molar-refractivity contribution in [2.24, 2.45) is 0 Å². The van der Waals surface area contributed by atoms with E-state index in [-0.39, 0.29) is 12.1 Å². The molecule has 0 heterocycles. The van der Waals surface area contributed by atoms with Gasteiger partial charge in [-0.25, -0.2) is 0 Å². The quantitative estimate of drug-likeness (QED) is 0.797. The average molecular weight is 334 g/mol. The Balaban J connectivity index is 2.20. The van der Waals surface area contributed by atoms with Gasteiger partial charge in [-0.3, -0.25) is 4.90 Å². The zero-order valence-corrected chi connectivity index (χ0v) is 13.7. The minimum absolute atomic E-state index is 0.0473. The van der Waals surface area contributed by atoms with E-state index in [1.165, 1.54) is 5.56 Å². The van der Waals surface area contributed by atoms with Gasteiger partial charge in [0.1, 0.15) is 11.9 Å². The summed E-state index contributed by atoms with van der Waals surface area (Å²) < 4.78 is 7.12. The van der Waals surface area contributed by atoms with Crippen LogP contribution in [-0.4, -0.2) is 25.1 Å². The number of benzene rings is 2. The molecule has 0 aromatic heterocycles. The van der Waals surface area contributed by atoms with Crippen LogP contribution in [0.1, 0.15) is 18.5 Å². The molecule has 0 spiro atoms. The van der Waals surface area contributed by atoms with Gasteiger partial charge in [0.15, 0.2) is 0 Å². The molecular formula is C17H20BrNO. The van der Waals surface area contributed by atoms with Crippen LogP contribution in [0.4, 0.5) is 0 Å². The zero-order valence-electron chi connectivity index (χ0n) is 12.1. The van der Waals surface area contributed by atoms with Crippen LogP contribution < -0.4 is 4.74 Å². The second-order valence-corrected chi connectivity index (χ2v) is 5.93. The Morgan fingerprint density at radius 1 is 0.950 bits per heavy atom. The Morgan fingerprint density at radius 2 is 1.55 bits per heavy atom. The highest BCUT2D eigenvalue weighted by Gasteiger charge is 2.23. The molecule has 3 heteroatoms. The summed E-state index contributed by atoms with van der Waals surface area (Å²) in [5.74, 6) is 0.878. The van der Waals surface area contributed by atoms with E-state index >= 15 is 0 Å². The number of hydrogen-bond acceptors (Lipinski definition) is 2. The first-order valence-electron chi connectivity index (χ1n) is 6.72. The van der Waals surface area contributed by atoms with Crippen LogP contribution in [-0.2, 0) is 0 Å². The van der Waals surface area contributed by atoms with Crippen molar-refractivity contribution in [3.63, 3.8) is 0 Å². The molecule has 0 aliphatic carbocycles. The van der Waals surface area contributed by atoms with Crippen molar-refractivity contribution in [2.45, 2.75) is 19.1 Å². The third-order valence-corrected chi connectivity index (χ3v) is 3.95. The first-order valence-corrected chi connectivity index (χ1v) is 7.51. The molecule has 0 radical (unpaired) electrons. The number of para-hydroxylation sites is 1. The molecule has 20 heavy (non-hydrogen) atoms. The maximum atomic E-state index is 6.13. The molecule has 0 N–H and O–H groups in total. The van der Waals surface area contributed by atoms with Gasteiger partial charge in [0, 0.05) is 0 Å². The molecule has 0 aliphatic rings. The van der Waals surface area contributed by atoms with Crippen molar-refractivity contribution in [2.75, 3.05) is 14.1 Å². The van der Waals surface area contributed by atoms with Crippen LogP contribution in [0.3, 0.4) is 0 Å². The summed E-state index contributed by atoms with van der Waals surface area (Å²) in [7, 11) is 4.16. The van der Waals surface area contributed by atoms with Gasteiger partial charge < -0.3 is 4.74 Å². The lowest BCUT2D eigenvalue weighted by atomic mass is 10.0. The lowest BCUT2D eigenvalue weighted by Gasteiger charge is -2.31. The van der Waals surface area contributed by atoms with Crippen molar-refractivity contribution in [3.05, 3.63) is 64.6 Å². The molecule has 0 fully saturated rings. The number of halogens is 1. The standard InChI is InChI=1S/C17H20BrNO/c1-13(20-16-12-8-7-11-15(16)18)17(19(2)3)14-9-5-4-6-10-14/h4-13,17H,1-3H3/t13?,17-/m0/s1. The van der Waals surface area contributed by atoms with E-state index in [1.807, 2.05) is 30.3 Å². The predicted octanol–water partition coefficient (Wildman–Crippen LogP) is 4.52. The van der Waals surface area contributed by atoms with Gasteiger partial charge in [-0.15, -0.1) is 0 Å². The zero-order chi connectivity index (χ0) is 14.5. The second-order valence-electron chi connectivity index (χ2n) is 5.07. The minimum Gasteiger partial charge on any atom is -0.488 e. The third-order valence-electron chi connectivity index (χ3n) is 3.29. The molecule has 2 atom stereocenters. The molecule has 1 unspecified atom stereocenters. The topological polar surface area (TPSA) is 12.5 Å². The first-order chi connectivity index (χ1) is 9.59. The number of ether oxygens (including phenoxy) is 1. The lowest BCUT2D eigenvalue weighted by molar-refractivity contribution is 0.110. The number of likely N-dealkylation sites (N-methyl/N-ethyl adjacent to an activating group) is 1. The summed E-state index contributed by atoms with van der Waals surface area (Å²) in [4.78, 5) is 2.19.